The highest BCUT2D eigenvalue weighted by atomic mass is 16.6. The highest BCUT2D eigenvalue weighted by Crippen LogP contribution is 2.69. The van der Waals surface area contributed by atoms with E-state index in [1.807, 2.05) is 6.92 Å². The maximum atomic E-state index is 12.5. The van der Waals surface area contributed by atoms with Crippen LogP contribution < -0.4 is 0 Å². The summed E-state index contributed by atoms with van der Waals surface area (Å²) in [5.74, 6) is 0.407. The summed E-state index contributed by atoms with van der Waals surface area (Å²) in [6, 6.07) is 0. The fourth-order valence-electron chi connectivity index (χ4n) is 7.00. The zero-order valence-electron chi connectivity index (χ0n) is 14.8. The Morgan fingerprint density at radius 3 is 2.30 bits per heavy atom. The van der Waals surface area contributed by atoms with Crippen LogP contribution in [0.2, 0.25) is 0 Å². The van der Waals surface area contributed by atoms with Gasteiger partial charge in [-0.2, -0.15) is 0 Å². The first-order valence-electron chi connectivity index (χ1n) is 9.18. The van der Waals surface area contributed by atoms with Crippen LogP contribution in [0.4, 0.5) is 0 Å². The lowest BCUT2D eigenvalue weighted by atomic mass is 9.41. The SMILES string of the molecule is CC12CCC3C4(C)CCC(O)C(C)(C)C4CCC3(OC1=O)C2O. The summed E-state index contributed by atoms with van der Waals surface area (Å²) in [5.41, 5.74) is -1.51. The number of carbonyl (C=O) groups excluding carboxylic acids is 1. The van der Waals surface area contributed by atoms with Gasteiger partial charge in [-0.15, -0.1) is 0 Å². The molecule has 0 aromatic carbocycles. The van der Waals surface area contributed by atoms with Crippen LogP contribution in [-0.2, 0) is 9.53 Å². The molecule has 3 aliphatic carbocycles. The molecular weight excluding hydrogens is 292 g/mol. The Labute approximate surface area is 138 Å². The third-order valence-corrected chi connectivity index (χ3v) is 8.49. The number of hydrogen-bond donors (Lipinski definition) is 2. The maximum Gasteiger partial charge on any atom is 0.315 e. The molecule has 4 aliphatic rings. The predicted molar refractivity (Wildman–Crippen MR) is 85.5 cm³/mol. The van der Waals surface area contributed by atoms with Gasteiger partial charge in [0.2, 0.25) is 0 Å². The summed E-state index contributed by atoms with van der Waals surface area (Å²) in [6.07, 6.45) is 4.11. The van der Waals surface area contributed by atoms with E-state index in [1.54, 1.807) is 0 Å². The predicted octanol–water partition coefficient (Wildman–Crippen LogP) is 2.66. The van der Waals surface area contributed by atoms with E-state index in [2.05, 4.69) is 20.8 Å². The average molecular weight is 322 g/mol. The van der Waals surface area contributed by atoms with Crippen LogP contribution in [0.1, 0.15) is 66.2 Å². The van der Waals surface area contributed by atoms with Crippen molar-refractivity contribution in [1.82, 2.24) is 0 Å². The van der Waals surface area contributed by atoms with Crippen LogP contribution in [0.3, 0.4) is 0 Å². The van der Waals surface area contributed by atoms with Gasteiger partial charge in [0.15, 0.2) is 0 Å². The molecule has 1 saturated heterocycles. The lowest BCUT2D eigenvalue weighted by molar-refractivity contribution is -0.233. The highest BCUT2D eigenvalue weighted by Gasteiger charge is 2.74. The van der Waals surface area contributed by atoms with E-state index < -0.39 is 17.1 Å². The number of fused-ring (bicyclic) bond motifs is 3. The Morgan fingerprint density at radius 2 is 1.61 bits per heavy atom. The number of aliphatic hydroxyl groups excluding tert-OH is 2. The van der Waals surface area contributed by atoms with Gasteiger partial charge in [-0.1, -0.05) is 20.8 Å². The molecule has 130 valence electrons. The monoisotopic (exact) mass is 322 g/mol. The summed E-state index contributed by atoms with van der Waals surface area (Å²) in [4.78, 5) is 12.5. The van der Waals surface area contributed by atoms with Crippen molar-refractivity contribution in [2.45, 2.75) is 84.0 Å². The largest absolute Gasteiger partial charge is 0.455 e. The molecule has 2 bridgehead atoms. The fourth-order valence-corrected chi connectivity index (χ4v) is 7.00. The van der Waals surface area contributed by atoms with Gasteiger partial charge < -0.3 is 14.9 Å². The lowest BCUT2D eigenvalue weighted by Gasteiger charge is -2.64. The molecule has 3 saturated carbocycles. The van der Waals surface area contributed by atoms with Crippen molar-refractivity contribution in [2.75, 3.05) is 0 Å². The van der Waals surface area contributed by atoms with Crippen molar-refractivity contribution >= 4 is 5.97 Å². The number of hydrogen-bond acceptors (Lipinski definition) is 4. The highest BCUT2D eigenvalue weighted by molar-refractivity contribution is 5.81. The van der Waals surface area contributed by atoms with Gasteiger partial charge >= 0.3 is 5.97 Å². The van der Waals surface area contributed by atoms with Crippen molar-refractivity contribution in [3.63, 3.8) is 0 Å². The number of aliphatic hydroxyl groups is 2. The van der Waals surface area contributed by atoms with E-state index in [4.69, 9.17) is 4.74 Å². The van der Waals surface area contributed by atoms with Gasteiger partial charge in [-0.25, -0.2) is 0 Å². The van der Waals surface area contributed by atoms with Gasteiger partial charge in [0, 0.05) is 5.92 Å². The second kappa shape index (κ2) is 4.32. The smallest absolute Gasteiger partial charge is 0.315 e. The molecule has 1 heterocycles. The first-order valence-corrected chi connectivity index (χ1v) is 9.18. The zero-order valence-corrected chi connectivity index (χ0v) is 14.8. The third-order valence-electron chi connectivity index (χ3n) is 8.49. The van der Waals surface area contributed by atoms with Crippen molar-refractivity contribution in [1.29, 1.82) is 0 Å². The zero-order chi connectivity index (χ0) is 16.8. The van der Waals surface area contributed by atoms with Crippen LogP contribution in [0.25, 0.3) is 0 Å². The number of esters is 1. The first-order chi connectivity index (χ1) is 10.6. The Balaban J connectivity index is 1.78. The minimum absolute atomic E-state index is 0.0217. The summed E-state index contributed by atoms with van der Waals surface area (Å²) in [6.45, 7) is 8.55. The topological polar surface area (TPSA) is 66.8 Å². The van der Waals surface area contributed by atoms with Crippen molar-refractivity contribution in [2.24, 2.45) is 28.1 Å². The van der Waals surface area contributed by atoms with Gasteiger partial charge in [0.25, 0.3) is 0 Å². The first kappa shape index (κ1) is 15.9. The van der Waals surface area contributed by atoms with Gasteiger partial charge in [-0.05, 0) is 62.2 Å². The molecular formula is C19H30O4. The summed E-state index contributed by atoms with van der Waals surface area (Å²) < 4.78 is 5.95. The van der Waals surface area contributed by atoms with Crippen molar-refractivity contribution < 1.29 is 19.7 Å². The normalized spacial score (nSPS) is 57.4. The number of carbonyl (C=O) groups is 1. The lowest BCUT2D eigenvalue weighted by Crippen LogP contribution is -2.66. The molecule has 7 unspecified atom stereocenters. The van der Waals surface area contributed by atoms with E-state index in [0.717, 1.165) is 32.1 Å². The van der Waals surface area contributed by atoms with Crippen LogP contribution in [-0.4, -0.2) is 34.0 Å². The molecule has 4 rings (SSSR count). The van der Waals surface area contributed by atoms with Gasteiger partial charge in [0.05, 0.1) is 11.5 Å². The molecule has 7 atom stereocenters. The van der Waals surface area contributed by atoms with Crippen molar-refractivity contribution in [3.8, 4) is 0 Å². The Bertz CT molecular complexity index is 558. The molecule has 4 fully saturated rings. The van der Waals surface area contributed by atoms with E-state index in [0.29, 0.717) is 12.3 Å². The maximum absolute atomic E-state index is 12.5. The molecule has 0 radical (unpaired) electrons. The van der Waals surface area contributed by atoms with Crippen molar-refractivity contribution in [3.05, 3.63) is 0 Å². The standard InChI is InChI=1S/C19H30O4/c1-16(2)11-6-10-19-12(17(11,3)9-7-13(16)20)5-8-18(4,14(19)21)15(22)23-19/h11-14,20-21H,5-10H2,1-4H3. The summed E-state index contributed by atoms with van der Waals surface area (Å²) >= 11 is 0. The molecule has 2 N–H and O–H groups in total. The van der Waals surface area contributed by atoms with Crippen LogP contribution in [0, 0.1) is 28.1 Å². The molecule has 4 nitrogen and oxygen atoms in total. The minimum atomic E-state index is -0.719. The number of rotatable bonds is 0. The van der Waals surface area contributed by atoms with E-state index in [-0.39, 0.29) is 28.8 Å². The average Bonchev–Trinajstić information content (AvgIpc) is 2.59. The Hall–Kier alpha value is -0.610. The molecule has 1 aliphatic heterocycles. The summed E-state index contributed by atoms with van der Waals surface area (Å²) in [5, 5.41) is 21.5. The molecule has 1 spiro atoms. The van der Waals surface area contributed by atoms with Crippen LogP contribution in [0.15, 0.2) is 0 Å². The van der Waals surface area contributed by atoms with E-state index in [9.17, 15) is 15.0 Å². The molecule has 0 aromatic rings. The van der Waals surface area contributed by atoms with Crippen LogP contribution in [0.5, 0.6) is 0 Å². The Kier molecular flexibility index (Phi) is 2.98. The Morgan fingerprint density at radius 1 is 0.957 bits per heavy atom. The van der Waals surface area contributed by atoms with Gasteiger partial charge in [0.1, 0.15) is 11.7 Å². The fraction of sp³-hybridized carbons (Fsp3) is 0.947. The summed E-state index contributed by atoms with van der Waals surface area (Å²) in [7, 11) is 0. The molecule has 0 aromatic heterocycles. The molecule has 23 heavy (non-hydrogen) atoms. The second-order valence-electron chi connectivity index (χ2n) is 9.73. The second-order valence-corrected chi connectivity index (χ2v) is 9.73. The van der Waals surface area contributed by atoms with Gasteiger partial charge in [-0.3, -0.25) is 4.79 Å². The van der Waals surface area contributed by atoms with E-state index in [1.165, 1.54) is 0 Å². The third kappa shape index (κ3) is 1.62. The van der Waals surface area contributed by atoms with E-state index >= 15 is 0 Å². The van der Waals surface area contributed by atoms with Crippen LogP contribution >= 0.6 is 0 Å². The molecule has 0 amide bonds. The molecule has 4 heteroatoms. The quantitative estimate of drug-likeness (QED) is 0.673. The minimum Gasteiger partial charge on any atom is -0.455 e. The number of ether oxygens (including phenoxy) is 1.